The van der Waals surface area contributed by atoms with Crippen molar-refractivity contribution in [1.29, 1.82) is 0 Å². The molecule has 0 aromatic carbocycles. The number of nitrogens with two attached hydrogens (primary N) is 1. The van der Waals surface area contributed by atoms with Gasteiger partial charge in [-0.15, -0.1) is 0 Å². The molecule has 0 radical (unpaired) electrons. The molecule has 0 aliphatic heterocycles. The van der Waals surface area contributed by atoms with Crippen molar-refractivity contribution in [1.82, 2.24) is 9.97 Å². The first kappa shape index (κ1) is 10.8. The standard InChI is InChI=1S/C6H6ClF3N4/c7-5-12-1-3(11)4(14-5)13-2-6(8,9)10/h1H,2,11H2,(H,12,13,14). The molecule has 0 bridgehead atoms. The van der Waals surface area contributed by atoms with Crippen LogP contribution in [0.15, 0.2) is 6.20 Å². The smallest absolute Gasteiger partial charge is 0.394 e. The molecule has 1 aromatic rings. The molecule has 0 unspecified atom stereocenters. The van der Waals surface area contributed by atoms with E-state index < -0.39 is 12.7 Å². The lowest BCUT2D eigenvalue weighted by Gasteiger charge is -2.09. The molecule has 0 amide bonds. The van der Waals surface area contributed by atoms with E-state index in [4.69, 9.17) is 17.3 Å². The Bertz CT molecular complexity index is 327. The molecule has 0 atom stereocenters. The van der Waals surface area contributed by atoms with Crippen LogP contribution in [0.5, 0.6) is 0 Å². The van der Waals surface area contributed by atoms with E-state index in [9.17, 15) is 13.2 Å². The third-order valence-electron chi connectivity index (χ3n) is 1.24. The van der Waals surface area contributed by atoms with E-state index in [2.05, 4.69) is 9.97 Å². The van der Waals surface area contributed by atoms with Gasteiger partial charge >= 0.3 is 6.18 Å². The molecule has 0 fully saturated rings. The van der Waals surface area contributed by atoms with Gasteiger partial charge in [0.1, 0.15) is 6.54 Å². The second-order valence-electron chi connectivity index (χ2n) is 2.41. The minimum atomic E-state index is -4.33. The SMILES string of the molecule is Nc1cnc(Cl)nc1NCC(F)(F)F. The molecule has 8 heteroatoms. The summed E-state index contributed by atoms with van der Waals surface area (Å²) in [4.78, 5) is 6.99. The third kappa shape index (κ3) is 3.25. The van der Waals surface area contributed by atoms with Crippen LogP contribution < -0.4 is 11.1 Å². The Hall–Kier alpha value is -1.24. The van der Waals surface area contributed by atoms with Gasteiger partial charge in [-0.2, -0.15) is 18.2 Å². The Morgan fingerprint density at radius 1 is 1.50 bits per heavy atom. The molecular weight excluding hydrogens is 221 g/mol. The van der Waals surface area contributed by atoms with Crippen LogP contribution in [0.1, 0.15) is 0 Å². The Balaban J connectivity index is 2.72. The Kier molecular flexibility index (Phi) is 3.00. The van der Waals surface area contributed by atoms with E-state index in [1.54, 1.807) is 0 Å². The fourth-order valence-corrected chi connectivity index (χ4v) is 0.828. The maximum Gasteiger partial charge on any atom is 0.405 e. The highest BCUT2D eigenvalue weighted by Gasteiger charge is 2.27. The van der Waals surface area contributed by atoms with Crippen LogP contribution in [0, 0.1) is 0 Å². The summed E-state index contributed by atoms with van der Waals surface area (Å²) in [5.41, 5.74) is 5.32. The second kappa shape index (κ2) is 3.87. The fourth-order valence-electron chi connectivity index (χ4n) is 0.695. The van der Waals surface area contributed by atoms with Crippen molar-refractivity contribution in [3.8, 4) is 0 Å². The number of nitrogen functional groups attached to an aromatic ring is 1. The summed E-state index contributed by atoms with van der Waals surface area (Å²) in [7, 11) is 0. The molecule has 78 valence electrons. The van der Waals surface area contributed by atoms with Gasteiger partial charge in [-0.1, -0.05) is 0 Å². The molecule has 3 N–H and O–H groups in total. The Labute approximate surface area is 82.3 Å². The highest BCUT2D eigenvalue weighted by molar-refractivity contribution is 6.28. The van der Waals surface area contributed by atoms with Gasteiger partial charge in [0.15, 0.2) is 5.82 Å². The first-order chi connectivity index (χ1) is 6.38. The van der Waals surface area contributed by atoms with Crippen LogP contribution in [-0.2, 0) is 0 Å². The summed E-state index contributed by atoms with van der Waals surface area (Å²) in [5.74, 6) is -0.123. The molecule has 4 nitrogen and oxygen atoms in total. The zero-order valence-electron chi connectivity index (χ0n) is 6.77. The van der Waals surface area contributed by atoms with Crippen LogP contribution in [0.4, 0.5) is 24.7 Å². The van der Waals surface area contributed by atoms with Crippen molar-refractivity contribution in [2.75, 3.05) is 17.6 Å². The largest absolute Gasteiger partial charge is 0.405 e. The molecule has 0 saturated carbocycles. The van der Waals surface area contributed by atoms with E-state index in [1.807, 2.05) is 5.32 Å². The molecule has 0 aliphatic rings. The Morgan fingerprint density at radius 3 is 2.71 bits per heavy atom. The second-order valence-corrected chi connectivity index (χ2v) is 2.75. The predicted octanol–water partition coefficient (Wildman–Crippen LogP) is 1.69. The average Bonchev–Trinajstić information content (AvgIpc) is 2.05. The molecular formula is C6H6ClF3N4. The molecule has 1 aromatic heterocycles. The van der Waals surface area contributed by atoms with Crippen LogP contribution in [0.3, 0.4) is 0 Å². The lowest BCUT2D eigenvalue weighted by atomic mass is 10.5. The lowest BCUT2D eigenvalue weighted by molar-refractivity contribution is -0.115. The third-order valence-corrected chi connectivity index (χ3v) is 1.43. The molecule has 0 spiro atoms. The number of halogens is 4. The van der Waals surface area contributed by atoms with Crippen molar-refractivity contribution in [3.05, 3.63) is 11.5 Å². The minimum Gasteiger partial charge on any atom is -0.394 e. The van der Waals surface area contributed by atoms with Gasteiger partial charge in [0.25, 0.3) is 0 Å². The first-order valence-corrected chi connectivity index (χ1v) is 3.85. The first-order valence-electron chi connectivity index (χ1n) is 3.47. The van der Waals surface area contributed by atoms with Gasteiger partial charge in [0.2, 0.25) is 5.28 Å². The summed E-state index contributed by atoms with van der Waals surface area (Å²) >= 11 is 5.37. The number of alkyl halides is 3. The predicted molar refractivity (Wildman–Crippen MR) is 46.0 cm³/mol. The van der Waals surface area contributed by atoms with Gasteiger partial charge in [-0.25, -0.2) is 4.98 Å². The highest BCUT2D eigenvalue weighted by atomic mass is 35.5. The van der Waals surface area contributed by atoms with Gasteiger partial charge < -0.3 is 11.1 Å². The van der Waals surface area contributed by atoms with Crippen LogP contribution in [-0.4, -0.2) is 22.7 Å². The summed E-state index contributed by atoms with van der Waals surface area (Å²) in [5, 5.41) is 1.85. The maximum absolute atomic E-state index is 11.8. The average molecular weight is 227 g/mol. The Morgan fingerprint density at radius 2 is 2.14 bits per heavy atom. The van der Waals surface area contributed by atoms with E-state index in [1.165, 1.54) is 0 Å². The van der Waals surface area contributed by atoms with Crippen LogP contribution in [0.25, 0.3) is 0 Å². The summed E-state index contributed by atoms with van der Waals surface area (Å²) in [6.07, 6.45) is -3.20. The highest BCUT2D eigenvalue weighted by Crippen LogP contribution is 2.19. The molecule has 14 heavy (non-hydrogen) atoms. The van der Waals surface area contributed by atoms with E-state index in [-0.39, 0.29) is 16.8 Å². The number of aromatic nitrogens is 2. The minimum absolute atomic E-state index is 0.0126. The van der Waals surface area contributed by atoms with Crippen LogP contribution >= 0.6 is 11.6 Å². The van der Waals surface area contributed by atoms with E-state index in [0.29, 0.717) is 0 Å². The van der Waals surface area contributed by atoms with Crippen molar-refractivity contribution >= 4 is 23.1 Å². The summed E-state index contributed by atoms with van der Waals surface area (Å²) in [6.45, 7) is -1.22. The number of hydrogen-bond acceptors (Lipinski definition) is 4. The van der Waals surface area contributed by atoms with Gasteiger partial charge in [-0.05, 0) is 11.6 Å². The van der Waals surface area contributed by atoms with Crippen LogP contribution in [0.2, 0.25) is 5.28 Å². The number of nitrogens with one attached hydrogen (secondary N) is 1. The van der Waals surface area contributed by atoms with Crippen molar-refractivity contribution in [2.24, 2.45) is 0 Å². The maximum atomic E-state index is 11.8. The fraction of sp³-hybridized carbons (Fsp3) is 0.333. The molecule has 0 aliphatic carbocycles. The number of rotatable bonds is 2. The number of anilines is 2. The van der Waals surface area contributed by atoms with E-state index in [0.717, 1.165) is 6.20 Å². The van der Waals surface area contributed by atoms with Crippen molar-refractivity contribution in [3.63, 3.8) is 0 Å². The topological polar surface area (TPSA) is 63.8 Å². The normalized spacial score (nSPS) is 11.4. The summed E-state index contributed by atoms with van der Waals surface area (Å²) in [6, 6.07) is 0. The van der Waals surface area contributed by atoms with Gasteiger partial charge in [0, 0.05) is 0 Å². The number of nitrogens with zero attached hydrogens (tertiary/aromatic N) is 2. The monoisotopic (exact) mass is 226 g/mol. The quantitative estimate of drug-likeness (QED) is 0.754. The van der Waals surface area contributed by atoms with Gasteiger partial charge in [-0.3, -0.25) is 0 Å². The molecule has 1 heterocycles. The molecule has 0 saturated heterocycles. The van der Waals surface area contributed by atoms with Gasteiger partial charge in [0.05, 0.1) is 11.9 Å². The zero-order chi connectivity index (χ0) is 10.8. The zero-order valence-corrected chi connectivity index (χ0v) is 7.52. The summed E-state index contributed by atoms with van der Waals surface area (Å²) < 4.78 is 35.4. The number of hydrogen-bond donors (Lipinski definition) is 2. The molecule has 1 rings (SSSR count). The lowest BCUT2D eigenvalue weighted by Crippen LogP contribution is -2.22. The van der Waals surface area contributed by atoms with Crippen molar-refractivity contribution in [2.45, 2.75) is 6.18 Å². The van der Waals surface area contributed by atoms with E-state index >= 15 is 0 Å². The van der Waals surface area contributed by atoms with Crippen molar-refractivity contribution < 1.29 is 13.2 Å².